The van der Waals surface area contributed by atoms with Crippen LogP contribution in [-0.2, 0) is 9.53 Å². The van der Waals surface area contributed by atoms with Gasteiger partial charge in [0.15, 0.2) is 0 Å². The lowest BCUT2D eigenvalue weighted by Gasteiger charge is -2.13. The largest absolute Gasteiger partial charge is 0.465 e. The fraction of sp³-hybridized carbons (Fsp3) is 0.909. The van der Waals surface area contributed by atoms with Gasteiger partial charge in [0.05, 0.1) is 6.61 Å². The second kappa shape index (κ2) is 9.00. The van der Waals surface area contributed by atoms with E-state index in [-0.39, 0.29) is 12.0 Å². The first-order chi connectivity index (χ1) is 6.76. The summed E-state index contributed by atoms with van der Waals surface area (Å²) in [5, 5.41) is 2.99. The van der Waals surface area contributed by atoms with E-state index in [9.17, 15) is 4.79 Å². The molecule has 0 aromatic heterocycles. The SMILES string of the molecule is CCCCCCC(NC)C(=O)OCC. The molecule has 14 heavy (non-hydrogen) atoms. The van der Waals surface area contributed by atoms with Crippen molar-refractivity contribution in [1.29, 1.82) is 0 Å². The van der Waals surface area contributed by atoms with E-state index < -0.39 is 0 Å². The summed E-state index contributed by atoms with van der Waals surface area (Å²) < 4.78 is 4.95. The zero-order valence-electron chi connectivity index (χ0n) is 9.64. The van der Waals surface area contributed by atoms with Crippen molar-refractivity contribution in [2.75, 3.05) is 13.7 Å². The Kier molecular flexibility index (Phi) is 8.64. The van der Waals surface area contributed by atoms with Gasteiger partial charge in [0, 0.05) is 0 Å². The summed E-state index contributed by atoms with van der Waals surface area (Å²) in [6, 6.07) is -0.119. The van der Waals surface area contributed by atoms with Crippen LogP contribution in [-0.4, -0.2) is 25.7 Å². The van der Waals surface area contributed by atoms with Crippen molar-refractivity contribution >= 4 is 5.97 Å². The first-order valence-corrected chi connectivity index (χ1v) is 5.60. The van der Waals surface area contributed by atoms with Gasteiger partial charge in [0.25, 0.3) is 0 Å². The fourth-order valence-corrected chi connectivity index (χ4v) is 1.40. The number of hydrogen-bond donors (Lipinski definition) is 1. The number of carbonyl (C=O) groups excluding carboxylic acids is 1. The first-order valence-electron chi connectivity index (χ1n) is 5.60. The number of nitrogens with one attached hydrogen (secondary N) is 1. The Balaban J connectivity index is 3.62. The molecule has 0 aromatic carbocycles. The summed E-state index contributed by atoms with van der Waals surface area (Å²) in [5.41, 5.74) is 0. The van der Waals surface area contributed by atoms with Gasteiger partial charge in [0.1, 0.15) is 6.04 Å². The molecule has 0 aliphatic heterocycles. The number of ether oxygens (including phenoxy) is 1. The van der Waals surface area contributed by atoms with Crippen LogP contribution in [0.1, 0.15) is 46.0 Å². The van der Waals surface area contributed by atoms with Crippen molar-refractivity contribution in [2.24, 2.45) is 0 Å². The van der Waals surface area contributed by atoms with Crippen LogP contribution < -0.4 is 5.32 Å². The summed E-state index contributed by atoms with van der Waals surface area (Å²) in [6.07, 6.45) is 5.66. The summed E-state index contributed by atoms with van der Waals surface area (Å²) in [6.45, 7) is 4.48. The third kappa shape index (κ3) is 5.97. The molecule has 0 heterocycles. The molecule has 1 atom stereocenters. The van der Waals surface area contributed by atoms with Crippen molar-refractivity contribution in [3.8, 4) is 0 Å². The zero-order chi connectivity index (χ0) is 10.8. The average Bonchev–Trinajstić information content (AvgIpc) is 2.18. The highest BCUT2D eigenvalue weighted by Crippen LogP contribution is 2.06. The van der Waals surface area contributed by atoms with Crippen molar-refractivity contribution in [3.63, 3.8) is 0 Å². The second-order valence-electron chi connectivity index (χ2n) is 3.44. The topological polar surface area (TPSA) is 38.3 Å². The fourth-order valence-electron chi connectivity index (χ4n) is 1.40. The van der Waals surface area contributed by atoms with E-state index in [2.05, 4.69) is 12.2 Å². The highest BCUT2D eigenvalue weighted by Gasteiger charge is 2.16. The Bertz CT molecular complexity index is 148. The third-order valence-corrected chi connectivity index (χ3v) is 2.27. The summed E-state index contributed by atoms with van der Waals surface area (Å²) in [5.74, 6) is -0.119. The van der Waals surface area contributed by atoms with Gasteiger partial charge in [-0.25, -0.2) is 0 Å². The lowest BCUT2D eigenvalue weighted by molar-refractivity contribution is -0.145. The molecule has 1 unspecified atom stereocenters. The van der Waals surface area contributed by atoms with Crippen molar-refractivity contribution in [3.05, 3.63) is 0 Å². The van der Waals surface area contributed by atoms with Crippen LogP contribution in [0.2, 0.25) is 0 Å². The lowest BCUT2D eigenvalue weighted by Crippen LogP contribution is -2.35. The number of hydrogen-bond acceptors (Lipinski definition) is 3. The molecule has 0 fully saturated rings. The minimum absolute atomic E-state index is 0.119. The molecule has 84 valence electrons. The van der Waals surface area contributed by atoms with Gasteiger partial charge < -0.3 is 10.1 Å². The number of esters is 1. The number of carbonyl (C=O) groups is 1. The molecule has 0 aliphatic carbocycles. The third-order valence-electron chi connectivity index (χ3n) is 2.27. The Morgan fingerprint density at radius 1 is 1.29 bits per heavy atom. The van der Waals surface area contributed by atoms with Gasteiger partial charge in [-0.3, -0.25) is 4.79 Å². The van der Waals surface area contributed by atoms with E-state index in [4.69, 9.17) is 4.74 Å². The molecule has 1 N–H and O–H groups in total. The Hall–Kier alpha value is -0.570. The van der Waals surface area contributed by atoms with Gasteiger partial charge in [-0.15, -0.1) is 0 Å². The van der Waals surface area contributed by atoms with E-state index in [1.807, 2.05) is 6.92 Å². The van der Waals surface area contributed by atoms with Crippen molar-refractivity contribution < 1.29 is 9.53 Å². The van der Waals surface area contributed by atoms with Crippen molar-refractivity contribution in [1.82, 2.24) is 5.32 Å². The van der Waals surface area contributed by atoms with E-state index >= 15 is 0 Å². The lowest BCUT2D eigenvalue weighted by atomic mass is 10.1. The predicted octanol–water partition coefficient (Wildman–Crippen LogP) is 2.11. The molecule has 0 aromatic rings. The highest BCUT2D eigenvalue weighted by atomic mass is 16.5. The van der Waals surface area contributed by atoms with Crippen LogP contribution in [0.5, 0.6) is 0 Å². The predicted molar refractivity (Wildman–Crippen MR) is 58.2 cm³/mol. The molecule has 0 saturated heterocycles. The molecule has 0 bridgehead atoms. The molecule has 0 saturated carbocycles. The number of unbranched alkanes of at least 4 members (excludes halogenated alkanes) is 3. The molecular formula is C11H23NO2. The maximum atomic E-state index is 11.4. The Labute approximate surface area is 87.2 Å². The van der Waals surface area contributed by atoms with Gasteiger partial charge in [-0.05, 0) is 20.4 Å². The van der Waals surface area contributed by atoms with E-state index in [1.165, 1.54) is 19.3 Å². The zero-order valence-corrected chi connectivity index (χ0v) is 9.64. The second-order valence-corrected chi connectivity index (χ2v) is 3.44. The quantitative estimate of drug-likeness (QED) is 0.483. The molecule has 3 heteroatoms. The standard InChI is InChI=1S/C11H23NO2/c1-4-6-7-8-9-10(12-3)11(13)14-5-2/h10,12H,4-9H2,1-3H3. The van der Waals surface area contributed by atoms with Crippen LogP contribution in [0.25, 0.3) is 0 Å². The van der Waals surface area contributed by atoms with E-state index in [0.29, 0.717) is 6.61 Å². The summed E-state index contributed by atoms with van der Waals surface area (Å²) in [4.78, 5) is 11.4. The van der Waals surface area contributed by atoms with Crippen LogP contribution in [0, 0.1) is 0 Å². The van der Waals surface area contributed by atoms with Gasteiger partial charge in [0.2, 0.25) is 0 Å². The Morgan fingerprint density at radius 2 is 2.00 bits per heavy atom. The molecule has 0 radical (unpaired) electrons. The molecule has 3 nitrogen and oxygen atoms in total. The summed E-state index contributed by atoms with van der Waals surface area (Å²) in [7, 11) is 1.81. The van der Waals surface area contributed by atoms with Crippen LogP contribution in [0.15, 0.2) is 0 Å². The first kappa shape index (κ1) is 13.4. The minimum atomic E-state index is -0.119. The normalized spacial score (nSPS) is 12.5. The van der Waals surface area contributed by atoms with Gasteiger partial charge in [-0.1, -0.05) is 32.6 Å². The van der Waals surface area contributed by atoms with Crippen LogP contribution >= 0.6 is 0 Å². The van der Waals surface area contributed by atoms with Gasteiger partial charge >= 0.3 is 5.97 Å². The minimum Gasteiger partial charge on any atom is -0.465 e. The van der Waals surface area contributed by atoms with Gasteiger partial charge in [-0.2, -0.15) is 0 Å². The van der Waals surface area contributed by atoms with Crippen molar-refractivity contribution in [2.45, 2.75) is 52.0 Å². The van der Waals surface area contributed by atoms with Crippen LogP contribution in [0.4, 0.5) is 0 Å². The molecular weight excluding hydrogens is 178 g/mol. The monoisotopic (exact) mass is 201 g/mol. The number of rotatable bonds is 8. The average molecular weight is 201 g/mol. The van der Waals surface area contributed by atoms with E-state index in [1.54, 1.807) is 7.05 Å². The van der Waals surface area contributed by atoms with E-state index in [0.717, 1.165) is 12.8 Å². The smallest absolute Gasteiger partial charge is 0.323 e. The molecule has 0 rings (SSSR count). The maximum Gasteiger partial charge on any atom is 0.323 e. The van der Waals surface area contributed by atoms with Crippen LogP contribution in [0.3, 0.4) is 0 Å². The maximum absolute atomic E-state index is 11.4. The highest BCUT2D eigenvalue weighted by molar-refractivity contribution is 5.75. The molecule has 0 spiro atoms. The Morgan fingerprint density at radius 3 is 2.50 bits per heavy atom. The molecule has 0 aliphatic rings. The number of likely N-dealkylation sites (N-methyl/N-ethyl adjacent to an activating group) is 1. The summed E-state index contributed by atoms with van der Waals surface area (Å²) >= 11 is 0. The molecule has 0 amide bonds.